The van der Waals surface area contributed by atoms with E-state index in [9.17, 15) is 14.9 Å². The topological polar surface area (TPSA) is 66.7 Å². The average molecular weight is 335 g/mol. The first-order valence-corrected chi connectivity index (χ1v) is 8.56. The molecule has 0 unspecified atom stereocenters. The van der Waals surface area contributed by atoms with Crippen LogP contribution >= 0.6 is 0 Å². The van der Waals surface area contributed by atoms with Crippen LogP contribution in [0, 0.1) is 23.0 Å². The van der Waals surface area contributed by atoms with Gasteiger partial charge in [0.15, 0.2) is 0 Å². The standard InChI is InChI=1S/C18H29N3O3/c1-6-19(7-2)10-11-20(13-14(3)4)18(22)16-8-9-17(21(23)24)15(5)12-16/h8-9,12,14H,6-7,10-11,13H2,1-5H3. The lowest BCUT2D eigenvalue weighted by Crippen LogP contribution is -2.40. The van der Waals surface area contributed by atoms with E-state index in [0.717, 1.165) is 19.6 Å². The van der Waals surface area contributed by atoms with Crippen molar-refractivity contribution >= 4 is 11.6 Å². The lowest BCUT2D eigenvalue weighted by Gasteiger charge is -2.28. The van der Waals surface area contributed by atoms with E-state index in [0.29, 0.717) is 30.1 Å². The Balaban J connectivity index is 2.94. The Kier molecular flexibility index (Phi) is 7.85. The summed E-state index contributed by atoms with van der Waals surface area (Å²) in [5, 5.41) is 10.9. The number of amides is 1. The molecule has 0 heterocycles. The molecule has 0 aliphatic heterocycles. The Morgan fingerprint density at radius 1 is 1.21 bits per heavy atom. The third kappa shape index (κ3) is 5.60. The molecule has 0 aliphatic carbocycles. The van der Waals surface area contributed by atoms with Crippen LogP contribution in [0.1, 0.15) is 43.6 Å². The van der Waals surface area contributed by atoms with Crippen molar-refractivity contribution in [2.45, 2.75) is 34.6 Å². The summed E-state index contributed by atoms with van der Waals surface area (Å²) in [5.41, 5.74) is 1.07. The predicted octanol–water partition coefficient (Wildman–Crippen LogP) is 3.34. The van der Waals surface area contributed by atoms with Gasteiger partial charge in [-0.2, -0.15) is 0 Å². The molecule has 0 aromatic heterocycles. The molecule has 6 nitrogen and oxygen atoms in total. The first kappa shape index (κ1) is 20.1. The maximum atomic E-state index is 12.8. The Morgan fingerprint density at radius 2 is 1.83 bits per heavy atom. The second-order valence-electron chi connectivity index (χ2n) is 6.43. The SMILES string of the molecule is CCN(CC)CCN(CC(C)C)C(=O)c1ccc([N+](=O)[O-])c(C)c1. The van der Waals surface area contributed by atoms with E-state index >= 15 is 0 Å². The first-order valence-electron chi connectivity index (χ1n) is 8.56. The number of nitro benzene ring substituents is 1. The van der Waals surface area contributed by atoms with E-state index in [1.165, 1.54) is 6.07 Å². The molecule has 0 spiro atoms. The van der Waals surface area contributed by atoms with E-state index in [1.807, 2.05) is 4.90 Å². The fourth-order valence-electron chi connectivity index (χ4n) is 2.69. The minimum atomic E-state index is -0.421. The molecule has 1 rings (SSSR count). The number of hydrogen-bond donors (Lipinski definition) is 0. The van der Waals surface area contributed by atoms with Gasteiger partial charge in [0.1, 0.15) is 0 Å². The molecule has 0 saturated carbocycles. The number of likely N-dealkylation sites (N-methyl/N-ethyl adjacent to an activating group) is 1. The van der Waals surface area contributed by atoms with Crippen molar-refractivity contribution in [3.8, 4) is 0 Å². The van der Waals surface area contributed by atoms with Gasteiger partial charge in [-0.05, 0) is 38.1 Å². The van der Waals surface area contributed by atoms with Crippen LogP contribution in [0.15, 0.2) is 18.2 Å². The predicted molar refractivity (Wildman–Crippen MR) is 96.4 cm³/mol. The monoisotopic (exact) mass is 335 g/mol. The highest BCUT2D eigenvalue weighted by molar-refractivity contribution is 5.94. The average Bonchev–Trinajstić information content (AvgIpc) is 2.53. The fourth-order valence-corrected chi connectivity index (χ4v) is 2.69. The minimum Gasteiger partial charge on any atom is -0.337 e. The zero-order valence-corrected chi connectivity index (χ0v) is 15.4. The number of carbonyl (C=O) groups is 1. The van der Waals surface area contributed by atoms with Crippen LogP contribution in [0.2, 0.25) is 0 Å². The van der Waals surface area contributed by atoms with E-state index in [4.69, 9.17) is 0 Å². The van der Waals surface area contributed by atoms with Gasteiger partial charge in [-0.3, -0.25) is 14.9 Å². The Morgan fingerprint density at radius 3 is 2.29 bits per heavy atom. The lowest BCUT2D eigenvalue weighted by molar-refractivity contribution is -0.385. The number of benzene rings is 1. The van der Waals surface area contributed by atoms with Crippen molar-refractivity contribution in [3.63, 3.8) is 0 Å². The number of carbonyl (C=O) groups excluding carboxylic acids is 1. The summed E-state index contributed by atoms with van der Waals surface area (Å²) in [6.07, 6.45) is 0. The molecule has 1 aromatic rings. The third-order valence-corrected chi connectivity index (χ3v) is 4.09. The maximum absolute atomic E-state index is 12.8. The van der Waals surface area contributed by atoms with Gasteiger partial charge in [0.25, 0.3) is 11.6 Å². The summed E-state index contributed by atoms with van der Waals surface area (Å²) in [6, 6.07) is 4.59. The van der Waals surface area contributed by atoms with Crippen LogP contribution in [0.4, 0.5) is 5.69 Å². The molecule has 0 radical (unpaired) electrons. The van der Waals surface area contributed by atoms with E-state index < -0.39 is 4.92 Å². The molecule has 1 aromatic carbocycles. The number of hydrogen-bond acceptors (Lipinski definition) is 4. The minimum absolute atomic E-state index is 0.0464. The van der Waals surface area contributed by atoms with Gasteiger partial charge in [0, 0.05) is 36.8 Å². The summed E-state index contributed by atoms with van der Waals surface area (Å²) < 4.78 is 0. The third-order valence-electron chi connectivity index (χ3n) is 4.09. The van der Waals surface area contributed by atoms with Gasteiger partial charge in [-0.1, -0.05) is 27.7 Å². The summed E-state index contributed by atoms with van der Waals surface area (Å²) >= 11 is 0. The fraction of sp³-hybridized carbons (Fsp3) is 0.611. The molecule has 24 heavy (non-hydrogen) atoms. The zero-order valence-electron chi connectivity index (χ0n) is 15.4. The van der Waals surface area contributed by atoms with Crippen LogP contribution in [-0.4, -0.2) is 53.4 Å². The highest BCUT2D eigenvalue weighted by Gasteiger charge is 2.20. The van der Waals surface area contributed by atoms with Gasteiger partial charge in [0.2, 0.25) is 0 Å². The van der Waals surface area contributed by atoms with Crippen LogP contribution in [0.3, 0.4) is 0 Å². The quantitative estimate of drug-likeness (QED) is 0.513. The van der Waals surface area contributed by atoms with Gasteiger partial charge in [-0.15, -0.1) is 0 Å². The van der Waals surface area contributed by atoms with Crippen molar-refractivity contribution in [1.29, 1.82) is 0 Å². The largest absolute Gasteiger partial charge is 0.337 e. The molecule has 0 aliphatic rings. The molecular formula is C18H29N3O3. The van der Waals surface area contributed by atoms with Gasteiger partial charge >= 0.3 is 0 Å². The molecule has 6 heteroatoms. The van der Waals surface area contributed by atoms with Crippen molar-refractivity contribution in [2.75, 3.05) is 32.7 Å². The smallest absolute Gasteiger partial charge is 0.272 e. The summed E-state index contributed by atoms with van der Waals surface area (Å²) in [6.45, 7) is 14.1. The lowest BCUT2D eigenvalue weighted by atomic mass is 10.1. The highest BCUT2D eigenvalue weighted by Crippen LogP contribution is 2.20. The molecule has 0 bridgehead atoms. The van der Waals surface area contributed by atoms with Gasteiger partial charge in [0.05, 0.1) is 4.92 Å². The summed E-state index contributed by atoms with van der Waals surface area (Å²) in [7, 11) is 0. The van der Waals surface area contributed by atoms with Crippen LogP contribution in [0.5, 0.6) is 0 Å². The molecule has 1 amide bonds. The highest BCUT2D eigenvalue weighted by atomic mass is 16.6. The molecule has 0 atom stereocenters. The molecule has 0 N–H and O–H groups in total. The number of nitrogens with zero attached hydrogens (tertiary/aromatic N) is 3. The van der Waals surface area contributed by atoms with E-state index in [2.05, 4.69) is 32.6 Å². The van der Waals surface area contributed by atoms with Crippen LogP contribution in [0.25, 0.3) is 0 Å². The van der Waals surface area contributed by atoms with Crippen molar-refractivity contribution in [2.24, 2.45) is 5.92 Å². The second-order valence-corrected chi connectivity index (χ2v) is 6.43. The summed E-state index contributed by atoms with van der Waals surface area (Å²) in [5.74, 6) is 0.304. The maximum Gasteiger partial charge on any atom is 0.272 e. The van der Waals surface area contributed by atoms with Crippen molar-refractivity contribution in [1.82, 2.24) is 9.80 Å². The van der Waals surface area contributed by atoms with Crippen molar-refractivity contribution < 1.29 is 9.72 Å². The number of rotatable bonds is 9. The first-order chi connectivity index (χ1) is 11.3. The zero-order chi connectivity index (χ0) is 18.3. The Labute approximate surface area is 144 Å². The molecular weight excluding hydrogens is 306 g/mol. The van der Waals surface area contributed by atoms with Crippen molar-refractivity contribution in [3.05, 3.63) is 39.4 Å². The van der Waals surface area contributed by atoms with E-state index in [-0.39, 0.29) is 11.6 Å². The number of aryl methyl sites for hydroxylation is 1. The molecule has 0 fully saturated rings. The Hall–Kier alpha value is -1.95. The van der Waals surface area contributed by atoms with Crippen LogP contribution in [-0.2, 0) is 0 Å². The van der Waals surface area contributed by atoms with Crippen LogP contribution < -0.4 is 0 Å². The summed E-state index contributed by atoms with van der Waals surface area (Å²) in [4.78, 5) is 27.5. The van der Waals surface area contributed by atoms with E-state index in [1.54, 1.807) is 19.1 Å². The number of nitro groups is 1. The molecule has 134 valence electrons. The van der Waals surface area contributed by atoms with Gasteiger partial charge in [-0.25, -0.2) is 0 Å². The molecule has 0 saturated heterocycles. The van der Waals surface area contributed by atoms with Gasteiger partial charge < -0.3 is 9.80 Å². The normalized spacial score (nSPS) is 11.1. The second kappa shape index (κ2) is 9.37. The Bertz CT molecular complexity index is 569.